The number of aliphatic hydroxyl groups is 1. The van der Waals surface area contributed by atoms with Gasteiger partial charge in [0.2, 0.25) is 0 Å². The lowest BCUT2D eigenvalue weighted by atomic mass is 10.1. The summed E-state index contributed by atoms with van der Waals surface area (Å²) in [6, 6.07) is 5.42. The molecule has 0 heterocycles. The van der Waals surface area contributed by atoms with Crippen LogP contribution in [0, 0.1) is 11.8 Å². The Bertz CT molecular complexity index is 413. The maximum absolute atomic E-state index is 9.47. The Morgan fingerprint density at radius 3 is 2.71 bits per heavy atom. The summed E-state index contributed by atoms with van der Waals surface area (Å²) in [6.07, 6.45) is 0.182. The summed E-state index contributed by atoms with van der Waals surface area (Å²) in [6.45, 7) is 4.05. The van der Waals surface area contributed by atoms with Crippen LogP contribution in [0.4, 0.5) is 0 Å². The summed E-state index contributed by atoms with van der Waals surface area (Å²) in [7, 11) is 1.58. The molecule has 0 saturated heterocycles. The Hall–Kier alpha value is -1.66. The number of ether oxygens (including phenoxy) is 2. The van der Waals surface area contributed by atoms with E-state index in [0.29, 0.717) is 24.5 Å². The van der Waals surface area contributed by atoms with Crippen LogP contribution in [0.25, 0.3) is 0 Å². The average Bonchev–Trinajstić information content (AvgIpc) is 2.34. The van der Waals surface area contributed by atoms with Gasteiger partial charge in [-0.25, -0.2) is 0 Å². The molecule has 0 aromatic heterocycles. The zero-order valence-electron chi connectivity index (χ0n) is 10.5. The van der Waals surface area contributed by atoms with Gasteiger partial charge in [-0.2, -0.15) is 0 Å². The number of rotatable bonds is 5. The summed E-state index contributed by atoms with van der Waals surface area (Å²) >= 11 is 0. The monoisotopic (exact) mass is 234 g/mol. The largest absolute Gasteiger partial charge is 0.493 e. The van der Waals surface area contributed by atoms with Gasteiger partial charge in [-0.3, -0.25) is 0 Å². The van der Waals surface area contributed by atoms with Crippen LogP contribution in [0.5, 0.6) is 11.5 Å². The maximum atomic E-state index is 9.47. The molecule has 0 aliphatic rings. The Labute approximate surface area is 102 Å². The first kappa shape index (κ1) is 13.4. The number of methoxy groups -OCH3 is 1. The highest BCUT2D eigenvalue weighted by Crippen LogP contribution is 2.30. The molecule has 0 aliphatic carbocycles. The van der Waals surface area contributed by atoms with E-state index in [1.165, 1.54) is 0 Å². The van der Waals surface area contributed by atoms with Crippen LogP contribution in [-0.4, -0.2) is 18.8 Å². The van der Waals surface area contributed by atoms with Gasteiger partial charge in [0.05, 0.1) is 19.8 Å². The van der Waals surface area contributed by atoms with Gasteiger partial charge < -0.3 is 14.6 Å². The summed E-state index contributed by atoms with van der Waals surface area (Å²) < 4.78 is 10.8. The predicted molar refractivity (Wildman–Crippen MR) is 67.2 cm³/mol. The third-order valence-electron chi connectivity index (χ3n) is 2.33. The van der Waals surface area contributed by atoms with E-state index >= 15 is 0 Å². The lowest BCUT2D eigenvalue weighted by Crippen LogP contribution is -2.00. The summed E-state index contributed by atoms with van der Waals surface area (Å²) in [5.74, 6) is 7.05. The topological polar surface area (TPSA) is 38.7 Å². The molecule has 1 aromatic rings. The molecule has 1 aromatic carbocycles. The van der Waals surface area contributed by atoms with Crippen molar-refractivity contribution >= 4 is 0 Å². The van der Waals surface area contributed by atoms with Crippen molar-refractivity contribution in [2.75, 3.05) is 13.7 Å². The van der Waals surface area contributed by atoms with E-state index in [-0.39, 0.29) is 0 Å². The minimum absolute atomic E-state index is 0.510. The molecule has 0 spiro atoms. The molecule has 0 unspecified atom stereocenters. The highest BCUT2D eigenvalue weighted by atomic mass is 16.5. The molecule has 3 nitrogen and oxygen atoms in total. The van der Waals surface area contributed by atoms with Gasteiger partial charge in [0.25, 0.3) is 0 Å². The summed E-state index contributed by atoms with van der Waals surface area (Å²) in [5.41, 5.74) is 0.808. The molecule has 92 valence electrons. The average molecular weight is 234 g/mol. The van der Waals surface area contributed by atoms with E-state index < -0.39 is 6.10 Å². The second-order valence-corrected chi connectivity index (χ2v) is 3.61. The van der Waals surface area contributed by atoms with Crippen molar-refractivity contribution in [3.05, 3.63) is 23.8 Å². The smallest absolute Gasteiger partial charge is 0.161 e. The second-order valence-electron chi connectivity index (χ2n) is 3.61. The van der Waals surface area contributed by atoms with Crippen molar-refractivity contribution in [3.63, 3.8) is 0 Å². The number of hydrogen-bond acceptors (Lipinski definition) is 3. The molecule has 0 fully saturated rings. The third kappa shape index (κ3) is 4.01. The molecule has 1 N–H and O–H groups in total. The van der Waals surface area contributed by atoms with Crippen molar-refractivity contribution in [1.29, 1.82) is 0 Å². The summed E-state index contributed by atoms with van der Waals surface area (Å²) in [4.78, 5) is 0. The Morgan fingerprint density at radius 1 is 1.35 bits per heavy atom. The standard InChI is InChI=1S/C14H18O3/c1-4-5-6-9-17-13-8-7-12(11(2)15)10-14(13)16-3/h7-8,10-11,15H,6,9H2,1-3H3/t11-/m0/s1. The van der Waals surface area contributed by atoms with Crippen LogP contribution < -0.4 is 9.47 Å². The van der Waals surface area contributed by atoms with E-state index in [4.69, 9.17) is 9.47 Å². The van der Waals surface area contributed by atoms with Crippen molar-refractivity contribution in [3.8, 4) is 23.3 Å². The minimum atomic E-state index is -0.510. The first-order valence-electron chi connectivity index (χ1n) is 5.57. The van der Waals surface area contributed by atoms with E-state index in [2.05, 4.69) is 11.8 Å². The molecular formula is C14H18O3. The molecule has 17 heavy (non-hydrogen) atoms. The minimum Gasteiger partial charge on any atom is -0.493 e. The number of benzene rings is 1. The Morgan fingerprint density at radius 2 is 2.12 bits per heavy atom. The molecular weight excluding hydrogens is 216 g/mol. The summed E-state index contributed by atoms with van der Waals surface area (Å²) in [5, 5.41) is 9.47. The van der Waals surface area contributed by atoms with Crippen LogP contribution in [0.15, 0.2) is 18.2 Å². The SMILES string of the molecule is CC#CCCOc1ccc([C@H](C)O)cc1OC. The zero-order valence-corrected chi connectivity index (χ0v) is 10.5. The van der Waals surface area contributed by atoms with Crippen LogP contribution in [0.2, 0.25) is 0 Å². The fraction of sp³-hybridized carbons (Fsp3) is 0.429. The van der Waals surface area contributed by atoms with Crippen LogP contribution >= 0.6 is 0 Å². The fourth-order valence-corrected chi connectivity index (χ4v) is 1.40. The van der Waals surface area contributed by atoms with Gasteiger partial charge in [-0.1, -0.05) is 6.07 Å². The third-order valence-corrected chi connectivity index (χ3v) is 2.33. The molecule has 1 atom stereocenters. The second kappa shape index (κ2) is 6.82. The number of aliphatic hydroxyl groups excluding tert-OH is 1. The van der Waals surface area contributed by atoms with E-state index in [9.17, 15) is 5.11 Å². The Balaban J connectivity index is 2.73. The van der Waals surface area contributed by atoms with Crippen molar-refractivity contribution < 1.29 is 14.6 Å². The maximum Gasteiger partial charge on any atom is 0.161 e. The van der Waals surface area contributed by atoms with E-state index in [1.54, 1.807) is 33.1 Å². The predicted octanol–water partition coefficient (Wildman–Crippen LogP) is 2.54. The van der Waals surface area contributed by atoms with Gasteiger partial charge in [-0.05, 0) is 31.5 Å². The van der Waals surface area contributed by atoms with Crippen molar-refractivity contribution in [2.45, 2.75) is 26.4 Å². The molecule has 0 radical (unpaired) electrons. The molecule has 0 saturated carbocycles. The molecule has 0 amide bonds. The van der Waals surface area contributed by atoms with Crippen LogP contribution in [0.1, 0.15) is 31.9 Å². The Kier molecular flexibility index (Phi) is 5.38. The van der Waals surface area contributed by atoms with Gasteiger partial charge >= 0.3 is 0 Å². The van der Waals surface area contributed by atoms with Gasteiger partial charge in [0.15, 0.2) is 11.5 Å². The number of hydrogen-bond donors (Lipinski definition) is 1. The molecule has 0 aliphatic heterocycles. The quantitative estimate of drug-likeness (QED) is 0.628. The first-order valence-corrected chi connectivity index (χ1v) is 5.57. The van der Waals surface area contributed by atoms with Gasteiger partial charge in [0.1, 0.15) is 0 Å². The van der Waals surface area contributed by atoms with Gasteiger partial charge in [0, 0.05) is 6.42 Å². The van der Waals surface area contributed by atoms with E-state index in [0.717, 1.165) is 5.56 Å². The van der Waals surface area contributed by atoms with Crippen molar-refractivity contribution in [1.82, 2.24) is 0 Å². The highest BCUT2D eigenvalue weighted by Gasteiger charge is 2.08. The lowest BCUT2D eigenvalue weighted by molar-refractivity contribution is 0.198. The van der Waals surface area contributed by atoms with Crippen LogP contribution in [0.3, 0.4) is 0 Å². The molecule has 1 rings (SSSR count). The highest BCUT2D eigenvalue weighted by molar-refractivity contribution is 5.43. The fourth-order valence-electron chi connectivity index (χ4n) is 1.40. The lowest BCUT2D eigenvalue weighted by Gasteiger charge is -2.12. The normalized spacial score (nSPS) is 11.3. The molecule has 0 bridgehead atoms. The van der Waals surface area contributed by atoms with Crippen LogP contribution in [-0.2, 0) is 0 Å². The van der Waals surface area contributed by atoms with Crippen molar-refractivity contribution in [2.24, 2.45) is 0 Å². The van der Waals surface area contributed by atoms with E-state index in [1.807, 2.05) is 6.07 Å². The first-order chi connectivity index (χ1) is 8.19. The zero-order chi connectivity index (χ0) is 12.7. The molecule has 3 heteroatoms. The van der Waals surface area contributed by atoms with Gasteiger partial charge in [-0.15, -0.1) is 11.8 Å².